The average molecular weight is 388 g/mol. The fourth-order valence-corrected chi connectivity index (χ4v) is 3.23. The highest BCUT2D eigenvalue weighted by Crippen LogP contribution is 2.28. The largest absolute Gasteiger partial charge is 0.355 e. The monoisotopic (exact) mass is 387 g/mol. The molecule has 1 heterocycles. The number of amides is 3. The second-order valence-corrected chi connectivity index (χ2v) is 8.34. The third kappa shape index (κ3) is 5.40. The van der Waals surface area contributed by atoms with Crippen molar-refractivity contribution in [3.63, 3.8) is 0 Å². The van der Waals surface area contributed by atoms with Gasteiger partial charge in [0.2, 0.25) is 5.91 Å². The fraction of sp³-hybridized carbons (Fsp3) is 0.350. The van der Waals surface area contributed by atoms with E-state index in [1.165, 1.54) is 11.3 Å². The maximum absolute atomic E-state index is 12.5. The summed E-state index contributed by atoms with van der Waals surface area (Å²) in [4.78, 5) is 36.7. The van der Waals surface area contributed by atoms with Crippen molar-refractivity contribution in [1.82, 2.24) is 10.6 Å². The number of thiophene rings is 1. The van der Waals surface area contributed by atoms with Crippen LogP contribution in [0.2, 0.25) is 0 Å². The van der Waals surface area contributed by atoms with Crippen molar-refractivity contribution in [3.05, 3.63) is 51.9 Å². The number of hydrogen-bond acceptors (Lipinski definition) is 4. The Bertz CT molecular complexity index is 848. The summed E-state index contributed by atoms with van der Waals surface area (Å²) < 4.78 is 0. The highest BCUT2D eigenvalue weighted by Gasteiger charge is 2.23. The lowest BCUT2D eigenvalue weighted by molar-refractivity contribution is -0.123. The lowest BCUT2D eigenvalue weighted by atomic mass is 9.96. The normalized spacial score (nSPS) is 11.0. The first kappa shape index (κ1) is 20.6. The molecule has 144 valence electrons. The van der Waals surface area contributed by atoms with Gasteiger partial charge in [0.05, 0.1) is 9.88 Å². The summed E-state index contributed by atoms with van der Waals surface area (Å²) in [7, 11) is 1.58. The standard InChI is InChI=1S/C20H25N3O3S/c1-12-10-15(23-19(26)20(2,3)4)27-16(12)18(25)22-11-13-6-8-14(9-7-13)17(24)21-5/h6-10H,11H2,1-5H3,(H,21,24)(H,22,25)(H,23,26). The van der Waals surface area contributed by atoms with Crippen molar-refractivity contribution in [3.8, 4) is 0 Å². The number of hydrogen-bond donors (Lipinski definition) is 3. The number of carbonyl (C=O) groups is 3. The van der Waals surface area contributed by atoms with E-state index in [9.17, 15) is 14.4 Å². The van der Waals surface area contributed by atoms with Gasteiger partial charge in [0, 0.05) is 24.6 Å². The van der Waals surface area contributed by atoms with Crippen molar-refractivity contribution in [2.24, 2.45) is 5.41 Å². The lowest BCUT2D eigenvalue weighted by Gasteiger charge is -2.16. The summed E-state index contributed by atoms with van der Waals surface area (Å²) in [6.07, 6.45) is 0. The summed E-state index contributed by atoms with van der Waals surface area (Å²) in [5.41, 5.74) is 1.78. The van der Waals surface area contributed by atoms with E-state index >= 15 is 0 Å². The molecule has 6 nitrogen and oxygen atoms in total. The molecule has 0 unspecified atom stereocenters. The van der Waals surface area contributed by atoms with Crippen LogP contribution in [-0.4, -0.2) is 24.8 Å². The Morgan fingerprint density at radius 2 is 1.67 bits per heavy atom. The molecule has 7 heteroatoms. The molecule has 27 heavy (non-hydrogen) atoms. The average Bonchev–Trinajstić information content (AvgIpc) is 2.99. The molecule has 2 rings (SSSR count). The number of aryl methyl sites for hydroxylation is 1. The van der Waals surface area contributed by atoms with E-state index < -0.39 is 5.41 Å². The Morgan fingerprint density at radius 3 is 2.22 bits per heavy atom. The van der Waals surface area contributed by atoms with E-state index in [0.717, 1.165) is 11.1 Å². The highest BCUT2D eigenvalue weighted by molar-refractivity contribution is 7.18. The third-order valence-corrected chi connectivity index (χ3v) is 5.09. The van der Waals surface area contributed by atoms with Gasteiger partial charge in [-0.25, -0.2) is 0 Å². The molecular formula is C20H25N3O3S. The summed E-state index contributed by atoms with van der Waals surface area (Å²) in [6, 6.07) is 8.86. The maximum atomic E-state index is 12.5. The second kappa shape index (κ2) is 8.35. The Morgan fingerprint density at radius 1 is 1.04 bits per heavy atom. The van der Waals surface area contributed by atoms with Crippen molar-refractivity contribution in [2.75, 3.05) is 12.4 Å². The minimum Gasteiger partial charge on any atom is -0.355 e. The van der Waals surface area contributed by atoms with E-state index in [1.807, 2.05) is 27.7 Å². The molecule has 1 aromatic heterocycles. The molecule has 0 radical (unpaired) electrons. The van der Waals surface area contributed by atoms with Crippen molar-refractivity contribution >= 4 is 34.1 Å². The highest BCUT2D eigenvalue weighted by atomic mass is 32.1. The first-order valence-electron chi connectivity index (χ1n) is 8.63. The van der Waals surface area contributed by atoms with E-state index in [4.69, 9.17) is 0 Å². The Kier molecular flexibility index (Phi) is 6.38. The molecule has 0 aliphatic carbocycles. The molecule has 3 N–H and O–H groups in total. The van der Waals surface area contributed by atoms with Gasteiger partial charge in [0.25, 0.3) is 11.8 Å². The summed E-state index contributed by atoms with van der Waals surface area (Å²) in [5, 5.41) is 8.96. The number of carbonyl (C=O) groups excluding carboxylic acids is 3. The zero-order chi connectivity index (χ0) is 20.2. The van der Waals surface area contributed by atoms with Crippen LogP contribution in [0.15, 0.2) is 30.3 Å². The van der Waals surface area contributed by atoms with Gasteiger partial charge in [-0.1, -0.05) is 32.9 Å². The second-order valence-electron chi connectivity index (χ2n) is 7.29. The zero-order valence-corrected chi connectivity index (χ0v) is 17.0. The van der Waals surface area contributed by atoms with Crippen LogP contribution in [0.1, 0.15) is 51.9 Å². The number of anilines is 1. The third-order valence-electron chi connectivity index (χ3n) is 3.94. The smallest absolute Gasteiger partial charge is 0.261 e. The van der Waals surface area contributed by atoms with Gasteiger partial charge in [-0.3, -0.25) is 14.4 Å². The molecule has 0 aliphatic heterocycles. The van der Waals surface area contributed by atoms with Gasteiger partial charge in [-0.2, -0.15) is 0 Å². The fourth-order valence-electron chi connectivity index (χ4n) is 2.25. The summed E-state index contributed by atoms with van der Waals surface area (Å²) >= 11 is 1.26. The molecule has 0 bridgehead atoms. The van der Waals surface area contributed by atoms with Gasteiger partial charge in [0.15, 0.2) is 0 Å². The van der Waals surface area contributed by atoms with Crippen LogP contribution in [0, 0.1) is 12.3 Å². The molecule has 0 spiro atoms. The van der Waals surface area contributed by atoms with Crippen molar-refractivity contribution < 1.29 is 14.4 Å². The maximum Gasteiger partial charge on any atom is 0.261 e. The summed E-state index contributed by atoms with van der Waals surface area (Å²) in [5.74, 6) is -0.430. The Balaban J connectivity index is 2.00. The Hall–Kier alpha value is -2.67. The molecular weight excluding hydrogens is 362 g/mol. The zero-order valence-electron chi connectivity index (χ0n) is 16.2. The Labute approximate surface area is 163 Å². The van der Waals surface area contributed by atoms with Crippen molar-refractivity contribution in [1.29, 1.82) is 0 Å². The van der Waals surface area contributed by atoms with E-state index in [-0.39, 0.29) is 17.7 Å². The van der Waals surface area contributed by atoms with E-state index in [1.54, 1.807) is 37.4 Å². The van der Waals surface area contributed by atoms with Crippen molar-refractivity contribution in [2.45, 2.75) is 34.2 Å². The number of nitrogens with one attached hydrogen (secondary N) is 3. The summed E-state index contributed by atoms with van der Waals surface area (Å²) in [6.45, 7) is 7.72. The molecule has 0 fully saturated rings. The molecule has 2 aromatic rings. The minimum absolute atomic E-state index is 0.0908. The van der Waals surface area contributed by atoms with E-state index in [0.29, 0.717) is 22.0 Å². The molecule has 3 amide bonds. The molecule has 0 aliphatic rings. The first-order valence-corrected chi connectivity index (χ1v) is 9.44. The first-order chi connectivity index (χ1) is 12.6. The number of benzene rings is 1. The molecule has 0 atom stereocenters. The molecule has 1 aromatic carbocycles. The lowest BCUT2D eigenvalue weighted by Crippen LogP contribution is -2.27. The van der Waals surface area contributed by atoms with Crippen LogP contribution in [-0.2, 0) is 11.3 Å². The van der Waals surface area contributed by atoms with Crippen LogP contribution < -0.4 is 16.0 Å². The van der Waals surface area contributed by atoms with Gasteiger partial charge >= 0.3 is 0 Å². The topological polar surface area (TPSA) is 87.3 Å². The molecule has 0 saturated heterocycles. The van der Waals surface area contributed by atoms with Crippen LogP contribution in [0.25, 0.3) is 0 Å². The molecule has 0 saturated carbocycles. The van der Waals surface area contributed by atoms with Crippen LogP contribution >= 0.6 is 11.3 Å². The van der Waals surface area contributed by atoms with E-state index in [2.05, 4.69) is 16.0 Å². The minimum atomic E-state index is -0.499. The quantitative estimate of drug-likeness (QED) is 0.735. The van der Waals surface area contributed by atoms with Crippen LogP contribution in [0.5, 0.6) is 0 Å². The van der Waals surface area contributed by atoms with Crippen LogP contribution in [0.3, 0.4) is 0 Å². The van der Waals surface area contributed by atoms with Gasteiger partial charge in [-0.15, -0.1) is 11.3 Å². The van der Waals surface area contributed by atoms with Gasteiger partial charge in [0.1, 0.15) is 0 Å². The number of rotatable bonds is 5. The predicted molar refractivity (Wildman–Crippen MR) is 108 cm³/mol. The van der Waals surface area contributed by atoms with Gasteiger partial charge in [-0.05, 0) is 36.2 Å². The van der Waals surface area contributed by atoms with Gasteiger partial charge < -0.3 is 16.0 Å². The predicted octanol–water partition coefficient (Wildman–Crippen LogP) is 3.33. The SMILES string of the molecule is CNC(=O)c1ccc(CNC(=O)c2sc(NC(=O)C(C)(C)C)cc2C)cc1. The van der Waals surface area contributed by atoms with Crippen LogP contribution in [0.4, 0.5) is 5.00 Å².